The summed E-state index contributed by atoms with van der Waals surface area (Å²) < 4.78 is 0. The molecule has 0 spiro atoms. The molecule has 86 valence electrons. The number of rotatable bonds is 4. The summed E-state index contributed by atoms with van der Waals surface area (Å²) >= 11 is 0. The van der Waals surface area contributed by atoms with Crippen molar-refractivity contribution in [1.82, 2.24) is 0 Å². The summed E-state index contributed by atoms with van der Waals surface area (Å²) in [7, 11) is 0. The predicted molar refractivity (Wildman–Crippen MR) is 63.6 cm³/mol. The Morgan fingerprint density at radius 1 is 1.56 bits per heavy atom. The van der Waals surface area contributed by atoms with Gasteiger partial charge < -0.3 is 5.32 Å². The minimum Gasteiger partial charge on any atom is -0.385 e. The number of nitrogens with zero attached hydrogens (tertiary/aromatic N) is 1. The summed E-state index contributed by atoms with van der Waals surface area (Å²) in [5.41, 5.74) is 1.87. The van der Waals surface area contributed by atoms with Crippen LogP contribution < -0.4 is 5.32 Å². The molecule has 2 rings (SSSR count). The van der Waals surface area contributed by atoms with Crippen molar-refractivity contribution in [1.29, 1.82) is 0 Å². The first-order chi connectivity index (χ1) is 7.58. The van der Waals surface area contributed by atoms with Gasteiger partial charge in [0.1, 0.15) is 0 Å². The fraction of sp³-hybridized carbons (Fsp3) is 0.500. The Balaban J connectivity index is 2.00. The highest BCUT2D eigenvalue weighted by molar-refractivity contribution is 5.53. The van der Waals surface area contributed by atoms with Crippen LogP contribution in [0, 0.1) is 28.9 Å². The van der Waals surface area contributed by atoms with Crippen LogP contribution >= 0.6 is 0 Å². The Hall–Kier alpha value is -1.58. The van der Waals surface area contributed by atoms with Crippen molar-refractivity contribution in [3.63, 3.8) is 0 Å². The van der Waals surface area contributed by atoms with Gasteiger partial charge in [-0.15, -0.1) is 0 Å². The first-order valence-electron chi connectivity index (χ1n) is 5.57. The largest absolute Gasteiger partial charge is 0.385 e. The second-order valence-electron chi connectivity index (χ2n) is 4.61. The molecule has 4 heteroatoms. The molecule has 2 atom stereocenters. The van der Waals surface area contributed by atoms with Gasteiger partial charge in [-0.3, -0.25) is 10.1 Å². The molecule has 1 aromatic rings. The van der Waals surface area contributed by atoms with Gasteiger partial charge in [0.15, 0.2) is 0 Å². The lowest BCUT2D eigenvalue weighted by Crippen LogP contribution is -2.04. The standard InChI is InChI=1S/C12H16N2O2/c1-8-5-10(8)7-13-11-3-4-12(14(15)16)9(2)6-11/h3-4,6,8,10,13H,5,7H2,1-2H3. The Kier molecular flexibility index (Phi) is 2.81. The monoisotopic (exact) mass is 220 g/mol. The van der Waals surface area contributed by atoms with Crippen LogP contribution in [0.5, 0.6) is 0 Å². The van der Waals surface area contributed by atoms with Gasteiger partial charge in [0.05, 0.1) is 4.92 Å². The summed E-state index contributed by atoms with van der Waals surface area (Å²) in [6, 6.07) is 5.18. The second kappa shape index (κ2) is 4.12. The smallest absolute Gasteiger partial charge is 0.272 e. The van der Waals surface area contributed by atoms with Crippen molar-refractivity contribution in [2.75, 3.05) is 11.9 Å². The van der Waals surface area contributed by atoms with E-state index in [1.807, 2.05) is 6.07 Å². The predicted octanol–water partition coefficient (Wildman–Crippen LogP) is 2.97. The molecule has 1 aromatic carbocycles. The number of nitrogens with one attached hydrogen (secondary N) is 1. The van der Waals surface area contributed by atoms with E-state index in [2.05, 4.69) is 12.2 Å². The van der Waals surface area contributed by atoms with Crippen LogP contribution in [-0.2, 0) is 0 Å². The van der Waals surface area contributed by atoms with E-state index < -0.39 is 0 Å². The first kappa shape index (κ1) is 10.9. The molecule has 2 unspecified atom stereocenters. The van der Waals surface area contributed by atoms with E-state index >= 15 is 0 Å². The fourth-order valence-corrected chi connectivity index (χ4v) is 1.90. The molecular weight excluding hydrogens is 204 g/mol. The summed E-state index contributed by atoms with van der Waals surface area (Å²) in [4.78, 5) is 10.3. The van der Waals surface area contributed by atoms with E-state index in [-0.39, 0.29) is 10.6 Å². The minimum absolute atomic E-state index is 0.185. The zero-order chi connectivity index (χ0) is 11.7. The molecule has 1 N–H and O–H groups in total. The maximum atomic E-state index is 10.6. The number of aryl methyl sites for hydroxylation is 1. The van der Waals surface area contributed by atoms with Crippen molar-refractivity contribution in [2.24, 2.45) is 11.8 Å². The van der Waals surface area contributed by atoms with E-state index in [1.165, 1.54) is 6.42 Å². The molecule has 0 heterocycles. The van der Waals surface area contributed by atoms with Crippen LogP contribution in [0.15, 0.2) is 18.2 Å². The van der Waals surface area contributed by atoms with Gasteiger partial charge in [-0.25, -0.2) is 0 Å². The molecule has 0 saturated heterocycles. The van der Waals surface area contributed by atoms with E-state index in [9.17, 15) is 10.1 Å². The van der Waals surface area contributed by atoms with Crippen molar-refractivity contribution in [3.05, 3.63) is 33.9 Å². The third-order valence-electron chi connectivity index (χ3n) is 3.24. The van der Waals surface area contributed by atoms with Gasteiger partial charge in [0, 0.05) is 23.9 Å². The van der Waals surface area contributed by atoms with Crippen LogP contribution in [-0.4, -0.2) is 11.5 Å². The molecular formula is C12H16N2O2. The average molecular weight is 220 g/mol. The van der Waals surface area contributed by atoms with Gasteiger partial charge in [0.2, 0.25) is 0 Å². The van der Waals surface area contributed by atoms with E-state index in [0.717, 1.165) is 24.1 Å². The van der Waals surface area contributed by atoms with Crippen LogP contribution in [0.1, 0.15) is 18.9 Å². The highest BCUT2D eigenvalue weighted by atomic mass is 16.6. The number of anilines is 1. The number of nitro groups is 1. The minimum atomic E-state index is -0.345. The Labute approximate surface area is 94.8 Å². The number of nitro benzene ring substituents is 1. The molecule has 1 aliphatic carbocycles. The Morgan fingerprint density at radius 2 is 2.25 bits per heavy atom. The third kappa shape index (κ3) is 2.32. The summed E-state index contributed by atoms with van der Waals surface area (Å²) in [5, 5.41) is 14.0. The molecule has 4 nitrogen and oxygen atoms in total. The van der Waals surface area contributed by atoms with Gasteiger partial charge >= 0.3 is 0 Å². The maximum absolute atomic E-state index is 10.6. The Morgan fingerprint density at radius 3 is 2.75 bits per heavy atom. The highest BCUT2D eigenvalue weighted by Gasteiger charge is 2.31. The summed E-state index contributed by atoms with van der Waals surface area (Å²) in [6.45, 7) is 4.98. The molecule has 0 aliphatic heterocycles. The second-order valence-corrected chi connectivity index (χ2v) is 4.61. The number of hydrogen-bond donors (Lipinski definition) is 1. The molecule has 16 heavy (non-hydrogen) atoms. The van der Waals surface area contributed by atoms with Gasteiger partial charge in [-0.2, -0.15) is 0 Å². The van der Waals surface area contributed by atoms with Crippen LogP contribution in [0.2, 0.25) is 0 Å². The highest BCUT2D eigenvalue weighted by Crippen LogP contribution is 2.37. The van der Waals surface area contributed by atoms with Gasteiger partial charge in [-0.05, 0) is 37.3 Å². The zero-order valence-corrected chi connectivity index (χ0v) is 9.56. The SMILES string of the molecule is Cc1cc(NCC2CC2C)ccc1[N+](=O)[O-]. The van der Waals surface area contributed by atoms with Crippen molar-refractivity contribution in [2.45, 2.75) is 20.3 Å². The molecule has 0 radical (unpaired) electrons. The topological polar surface area (TPSA) is 55.2 Å². The van der Waals surface area contributed by atoms with Crippen LogP contribution in [0.3, 0.4) is 0 Å². The fourth-order valence-electron chi connectivity index (χ4n) is 1.90. The summed E-state index contributed by atoms with van der Waals surface area (Å²) in [6.07, 6.45) is 1.29. The van der Waals surface area contributed by atoms with Crippen LogP contribution in [0.25, 0.3) is 0 Å². The van der Waals surface area contributed by atoms with Crippen molar-refractivity contribution >= 4 is 11.4 Å². The summed E-state index contributed by atoms with van der Waals surface area (Å²) in [5.74, 6) is 1.60. The van der Waals surface area contributed by atoms with Gasteiger partial charge in [-0.1, -0.05) is 6.92 Å². The first-order valence-corrected chi connectivity index (χ1v) is 5.57. The third-order valence-corrected chi connectivity index (χ3v) is 3.24. The van der Waals surface area contributed by atoms with E-state index in [1.54, 1.807) is 19.1 Å². The van der Waals surface area contributed by atoms with Crippen LogP contribution in [0.4, 0.5) is 11.4 Å². The number of benzene rings is 1. The molecule has 0 aromatic heterocycles. The lowest BCUT2D eigenvalue weighted by atomic mass is 10.2. The molecule has 1 saturated carbocycles. The van der Waals surface area contributed by atoms with E-state index in [0.29, 0.717) is 5.56 Å². The molecule has 0 amide bonds. The van der Waals surface area contributed by atoms with Gasteiger partial charge in [0.25, 0.3) is 5.69 Å². The molecule has 1 aliphatic rings. The van der Waals surface area contributed by atoms with E-state index in [4.69, 9.17) is 0 Å². The normalized spacial score (nSPS) is 22.9. The Bertz CT molecular complexity index is 417. The lowest BCUT2D eigenvalue weighted by molar-refractivity contribution is -0.385. The maximum Gasteiger partial charge on any atom is 0.272 e. The lowest BCUT2D eigenvalue weighted by Gasteiger charge is -2.06. The average Bonchev–Trinajstić information content (AvgIpc) is 2.91. The molecule has 0 bridgehead atoms. The zero-order valence-electron chi connectivity index (χ0n) is 9.56. The van der Waals surface area contributed by atoms with Crippen molar-refractivity contribution < 1.29 is 4.92 Å². The quantitative estimate of drug-likeness (QED) is 0.627. The number of hydrogen-bond acceptors (Lipinski definition) is 3. The molecule has 1 fully saturated rings. The van der Waals surface area contributed by atoms with Crippen molar-refractivity contribution in [3.8, 4) is 0 Å².